The van der Waals surface area contributed by atoms with Crippen LogP contribution in [0.15, 0.2) is 72.8 Å². The molecule has 0 amide bonds. The van der Waals surface area contributed by atoms with E-state index in [0.717, 1.165) is 11.1 Å². The first-order chi connectivity index (χ1) is 10.6. The Hall–Kier alpha value is -2.01. The van der Waals surface area contributed by atoms with Crippen molar-refractivity contribution in [3.05, 3.63) is 93.1 Å². The van der Waals surface area contributed by atoms with Gasteiger partial charge in [0.25, 0.3) is 0 Å². The van der Waals surface area contributed by atoms with Crippen molar-refractivity contribution in [3.63, 3.8) is 0 Å². The number of halogens is 1. The summed E-state index contributed by atoms with van der Waals surface area (Å²) in [7, 11) is 0. The molecular weight excluding hydrogens is 387 g/mol. The van der Waals surface area contributed by atoms with Gasteiger partial charge < -0.3 is 10.2 Å². The zero-order chi connectivity index (χ0) is 15.5. The SMILES string of the molecule is Oc1ccc(C(c2ccc(O)cc2)c2ccc(I)cc2)cc1. The molecule has 0 spiro atoms. The van der Waals surface area contributed by atoms with Crippen molar-refractivity contribution in [2.75, 3.05) is 0 Å². The van der Waals surface area contributed by atoms with Crippen LogP contribution < -0.4 is 0 Å². The smallest absolute Gasteiger partial charge is 0.115 e. The van der Waals surface area contributed by atoms with Crippen molar-refractivity contribution in [1.82, 2.24) is 0 Å². The van der Waals surface area contributed by atoms with E-state index in [-0.39, 0.29) is 17.4 Å². The van der Waals surface area contributed by atoms with Gasteiger partial charge in [-0.3, -0.25) is 0 Å². The lowest BCUT2D eigenvalue weighted by Crippen LogP contribution is -2.03. The predicted octanol–water partition coefficient (Wildman–Crippen LogP) is 4.88. The molecule has 0 fully saturated rings. The van der Waals surface area contributed by atoms with Gasteiger partial charge in [-0.25, -0.2) is 0 Å². The highest BCUT2D eigenvalue weighted by atomic mass is 127. The summed E-state index contributed by atoms with van der Waals surface area (Å²) in [5, 5.41) is 19.0. The minimum atomic E-state index is 0.0678. The molecule has 0 atom stereocenters. The van der Waals surface area contributed by atoms with Gasteiger partial charge in [-0.05, 0) is 75.7 Å². The van der Waals surface area contributed by atoms with Crippen LogP contribution in [0.4, 0.5) is 0 Å². The van der Waals surface area contributed by atoms with E-state index in [1.165, 1.54) is 9.13 Å². The highest BCUT2D eigenvalue weighted by Gasteiger charge is 2.16. The van der Waals surface area contributed by atoms with Gasteiger partial charge in [0.15, 0.2) is 0 Å². The molecule has 3 rings (SSSR count). The van der Waals surface area contributed by atoms with Gasteiger partial charge in [-0.2, -0.15) is 0 Å². The second kappa shape index (κ2) is 6.40. The molecule has 110 valence electrons. The third-order valence-electron chi connectivity index (χ3n) is 3.66. The normalized spacial score (nSPS) is 10.8. The summed E-state index contributed by atoms with van der Waals surface area (Å²) < 4.78 is 1.19. The second-order valence-corrected chi connectivity index (χ2v) is 6.41. The highest BCUT2D eigenvalue weighted by Crippen LogP contribution is 2.33. The number of phenols is 2. The molecule has 2 nitrogen and oxygen atoms in total. The van der Waals surface area contributed by atoms with E-state index < -0.39 is 0 Å². The molecule has 0 aliphatic carbocycles. The molecule has 0 aliphatic rings. The van der Waals surface area contributed by atoms with Gasteiger partial charge >= 0.3 is 0 Å². The van der Waals surface area contributed by atoms with Crippen molar-refractivity contribution in [3.8, 4) is 11.5 Å². The third-order valence-corrected chi connectivity index (χ3v) is 4.38. The Morgan fingerprint density at radius 1 is 0.545 bits per heavy atom. The van der Waals surface area contributed by atoms with Crippen molar-refractivity contribution in [1.29, 1.82) is 0 Å². The van der Waals surface area contributed by atoms with Crippen LogP contribution in [-0.4, -0.2) is 10.2 Å². The van der Waals surface area contributed by atoms with Crippen LogP contribution in [0.3, 0.4) is 0 Å². The molecule has 3 aromatic carbocycles. The maximum atomic E-state index is 9.52. The van der Waals surface area contributed by atoms with Gasteiger partial charge in [0, 0.05) is 9.49 Å². The van der Waals surface area contributed by atoms with Crippen molar-refractivity contribution in [2.45, 2.75) is 5.92 Å². The highest BCUT2D eigenvalue weighted by molar-refractivity contribution is 14.1. The number of aromatic hydroxyl groups is 2. The fourth-order valence-electron chi connectivity index (χ4n) is 2.57. The summed E-state index contributed by atoms with van der Waals surface area (Å²) >= 11 is 2.29. The summed E-state index contributed by atoms with van der Waals surface area (Å²) in [6.07, 6.45) is 0. The first-order valence-electron chi connectivity index (χ1n) is 6.97. The summed E-state index contributed by atoms with van der Waals surface area (Å²) in [4.78, 5) is 0. The summed E-state index contributed by atoms with van der Waals surface area (Å²) in [6, 6.07) is 23.0. The molecule has 2 N–H and O–H groups in total. The van der Waals surface area contributed by atoms with Crippen LogP contribution in [0.2, 0.25) is 0 Å². The van der Waals surface area contributed by atoms with Crippen molar-refractivity contribution >= 4 is 22.6 Å². The summed E-state index contributed by atoms with van der Waals surface area (Å²) in [6.45, 7) is 0. The van der Waals surface area contributed by atoms with E-state index in [0.29, 0.717) is 0 Å². The average Bonchev–Trinajstić information content (AvgIpc) is 2.53. The van der Waals surface area contributed by atoms with E-state index in [1.807, 2.05) is 24.3 Å². The number of hydrogen-bond donors (Lipinski definition) is 2. The monoisotopic (exact) mass is 402 g/mol. The minimum Gasteiger partial charge on any atom is -0.508 e. The van der Waals surface area contributed by atoms with E-state index in [9.17, 15) is 10.2 Å². The number of rotatable bonds is 3. The predicted molar refractivity (Wildman–Crippen MR) is 96.3 cm³/mol. The minimum absolute atomic E-state index is 0.0678. The maximum absolute atomic E-state index is 9.52. The largest absolute Gasteiger partial charge is 0.508 e. The van der Waals surface area contributed by atoms with Crippen LogP contribution in [0.25, 0.3) is 0 Å². The first kappa shape index (κ1) is 14.9. The Morgan fingerprint density at radius 2 is 0.864 bits per heavy atom. The molecule has 0 aliphatic heterocycles. The average molecular weight is 402 g/mol. The lowest BCUT2D eigenvalue weighted by atomic mass is 9.85. The molecule has 0 saturated carbocycles. The third kappa shape index (κ3) is 3.25. The van der Waals surface area contributed by atoms with Crippen molar-refractivity contribution in [2.24, 2.45) is 0 Å². The quantitative estimate of drug-likeness (QED) is 0.484. The molecule has 3 aromatic rings. The summed E-state index contributed by atoms with van der Waals surface area (Å²) in [5.74, 6) is 0.588. The van der Waals surface area contributed by atoms with Gasteiger partial charge in [-0.15, -0.1) is 0 Å². The van der Waals surface area contributed by atoms with Crippen LogP contribution in [-0.2, 0) is 0 Å². The fraction of sp³-hybridized carbons (Fsp3) is 0.0526. The molecular formula is C19H15IO2. The van der Waals surface area contributed by atoms with Gasteiger partial charge in [-0.1, -0.05) is 36.4 Å². The molecule has 22 heavy (non-hydrogen) atoms. The fourth-order valence-corrected chi connectivity index (χ4v) is 2.93. The Kier molecular flexibility index (Phi) is 4.34. The van der Waals surface area contributed by atoms with Crippen LogP contribution in [0, 0.1) is 3.57 Å². The van der Waals surface area contributed by atoms with E-state index >= 15 is 0 Å². The molecule has 0 bridgehead atoms. The van der Waals surface area contributed by atoms with Gasteiger partial charge in [0.05, 0.1) is 0 Å². The Morgan fingerprint density at radius 3 is 1.23 bits per heavy atom. The van der Waals surface area contributed by atoms with Gasteiger partial charge in [0.2, 0.25) is 0 Å². The number of hydrogen-bond acceptors (Lipinski definition) is 2. The van der Waals surface area contributed by atoms with E-state index in [2.05, 4.69) is 46.9 Å². The number of phenolic OH excluding ortho intramolecular Hbond substituents is 2. The van der Waals surface area contributed by atoms with Gasteiger partial charge in [0.1, 0.15) is 11.5 Å². The van der Waals surface area contributed by atoms with E-state index in [4.69, 9.17) is 0 Å². The molecule has 0 saturated heterocycles. The summed E-state index contributed by atoms with van der Waals surface area (Å²) in [5.41, 5.74) is 3.38. The zero-order valence-corrected chi connectivity index (χ0v) is 13.9. The second-order valence-electron chi connectivity index (χ2n) is 5.17. The Bertz CT molecular complexity index is 639. The van der Waals surface area contributed by atoms with Crippen LogP contribution in [0.1, 0.15) is 22.6 Å². The molecule has 0 aromatic heterocycles. The molecule has 3 heteroatoms. The standard InChI is InChI=1S/C19H15IO2/c20-16-7-1-13(2-8-16)19(14-3-9-17(21)10-4-14)15-5-11-18(22)12-6-15/h1-12,19,21-22H. The number of benzene rings is 3. The Labute approximate surface area is 143 Å². The van der Waals surface area contributed by atoms with Crippen LogP contribution in [0.5, 0.6) is 11.5 Å². The maximum Gasteiger partial charge on any atom is 0.115 e. The molecule has 0 unspecified atom stereocenters. The Balaban J connectivity index is 2.10. The molecule has 0 heterocycles. The zero-order valence-electron chi connectivity index (χ0n) is 11.8. The topological polar surface area (TPSA) is 40.5 Å². The van der Waals surface area contributed by atoms with E-state index in [1.54, 1.807) is 24.3 Å². The van der Waals surface area contributed by atoms with Crippen molar-refractivity contribution < 1.29 is 10.2 Å². The first-order valence-corrected chi connectivity index (χ1v) is 8.05. The van der Waals surface area contributed by atoms with Crippen LogP contribution >= 0.6 is 22.6 Å². The lowest BCUT2D eigenvalue weighted by molar-refractivity contribution is 0.475. The lowest BCUT2D eigenvalue weighted by Gasteiger charge is -2.19. The molecule has 0 radical (unpaired) electrons.